The second-order valence-corrected chi connectivity index (χ2v) is 17.3. The van der Waals surface area contributed by atoms with Crippen LogP contribution in [0.3, 0.4) is 0 Å². The van der Waals surface area contributed by atoms with E-state index in [2.05, 4.69) is 222 Å². The van der Waals surface area contributed by atoms with E-state index in [1.807, 2.05) is 0 Å². The Bertz CT molecular complexity index is 1680. The second kappa shape index (κ2) is 14.0. The van der Waals surface area contributed by atoms with Crippen molar-refractivity contribution in [2.75, 3.05) is 0 Å². The molecule has 0 aliphatic carbocycles. The molecular formula is C47H51P3. The van der Waals surface area contributed by atoms with Crippen LogP contribution in [-0.4, -0.2) is 0 Å². The lowest BCUT2D eigenvalue weighted by Crippen LogP contribution is -2.62. The lowest BCUT2D eigenvalue weighted by molar-refractivity contribution is 0.141. The summed E-state index contributed by atoms with van der Waals surface area (Å²) in [5.74, 6) is 0. The molecule has 0 spiro atoms. The Morgan fingerprint density at radius 2 is 0.380 bits per heavy atom. The summed E-state index contributed by atoms with van der Waals surface area (Å²) in [6.07, 6.45) is 0. The molecule has 3 unspecified atom stereocenters. The quantitative estimate of drug-likeness (QED) is 0.131. The smallest absolute Gasteiger partial charge is 0.0427 e. The molecule has 0 N–H and O–H groups in total. The normalized spacial score (nSPS) is 12.6. The molecule has 0 fully saturated rings. The first kappa shape index (κ1) is 36.4. The minimum absolute atomic E-state index is 0.635. The van der Waals surface area contributed by atoms with Gasteiger partial charge >= 0.3 is 0 Å². The van der Waals surface area contributed by atoms with Gasteiger partial charge in [0.25, 0.3) is 0 Å². The maximum atomic E-state index is 3.51. The molecule has 6 aromatic carbocycles. The van der Waals surface area contributed by atoms with Crippen LogP contribution in [0.5, 0.6) is 0 Å². The van der Waals surface area contributed by atoms with E-state index in [0.29, 0.717) is 0 Å². The number of aryl methyl sites for hydroxylation is 6. The Labute approximate surface area is 308 Å². The molecule has 0 radical (unpaired) electrons. The Morgan fingerprint density at radius 3 is 0.500 bits per heavy atom. The van der Waals surface area contributed by atoms with E-state index >= 15 is 0 Å². The minimum Gasteiger partial charge on any atom is -0.121 e. The highest BCUT2D eigenvalue weighted by Gasteiger charge is 2.68. The summed E-state index contributed by atoms with van der Waals surface area (Å²) >= 11 is 0. The third-order valence-corrected chi connectivity index (χ3v) is 15.1. The first-order chi connectivity index (χ1) is 23.7. The molecule has 0 aromatic heterocycles. The first-order valence-corrected chi connectivity index (χ1v) is 19.3. The van der Waals surface area contributed by atoms with Crippen molar-refractivity contribution < 1.29 is 0 Å². The van der Waals surface area contributed by atoms with Gasteiger partial charge in [0, 0.05) is 20.9 Å². The van der Waals surface area contributed by atoms with E-state index < -0.39 is 20.9 Å². The van der Waals surface area contributed by atoms with Crippen molar-refractivity contribution in [3.8, 4) is 0 Å². The predicted molar refractivity (Wildman–Crippen MR) is 227 cm³/mol. The highest BCUT2D eigenvalue weighted by Crippen LogP contribution is 2.74. The fraction of sp³-hybridized carbons (Fsp3) is 0.234. The van der Waals surface area contributed by atoms with Gasteiger partial charge in [0.2, 0.25) is 0 Å². The van der Waals surface area contributed by atoms with E-state index in [1.165, 1.54) is 66.8 Å². The van der Waals surface area contributed by atoms with Gasteiger partial charge in [-0.2, -0.15) is 0 Å². The van der Waals surface area contributed by atoms with Crippen molar-refractivity contribution in [1.82, 2.24) is 0 Å². The third kappa shape index (κ3) is 5.93. The van der Waals surface area contributed by atoms with Crippen molar-refractivity contribution in [3.63, 3.8) is 0 Å². The molecule has 3 atom stereocenters. The van der Waals surface area contributed by atoms with Gasteiger partial charge in [-0.25, -0.2) is 0 Å². The average Bonchev–Trinajstić information content (AvgIpc) is 3.12. The molecule has 0 aliphatic rings. The Kier molecular flexibility index (Phi) is 10.2. The highest BCUT2D eigenvalue weighted by atomic mass is 31.0. The number of benzene rings is 6. The summed E-state index contributed by atoms with van der Waals surface area (Å²) < 4.78 is 0. The summed E-state index contributed by atoms with van der Waals surface area (Å²) in [6, 6.07) is 55.5. The molecule has 0 heterocycles. The molecule has 254 valence electrons. The molecule has 3 heteroatoms. The van der Waals surface area contributed by atoms with Crippen molar-refractivity contribution in [3.05, 3.63) is 212 Å². The summed E-state index contributed by atoms with van der Waals surface area (Å²) in [6.45, 7) is 15.6. The number of rotatable bonds is 9. The summed E-state index contributed by atoms with van der Waals surface area (Å²) in [5.41, 5.74) is 14.3. The van der Waals surface area contributed by atoms with Crippen LogP contribution in [0, 0.1) is 47.0 Å². The topological polar surface area (TPSA) is 0 Å². The van der Waals surface area contributed by atoms with Crippen LogP contribution in [0.25, 0.3) is 0 Å². The molecule has 0 nitrogen and oxygen atoms in total. The average molecular weight is 709 g/mol. The zero-order valence-corrected chi connectivity index (χ0v) is 34.1. The van der Waals surface area contributed by atoms with Crippen LogP contribution in [-0.2, 0) is 15.5 Å². The van der Waals surface area contributed by atoms with E-state index in [-0.39, 0.29) is 0 Å². The monoisotopic (exact) mass is 708 g/mol. The highest BCUT2D eigenvalue weighted by molar-refractivity contribution is 7.22. The van der Waals surface area contributed by atoms with Gasteiger partial charge in [0.15, 0.2) is 0 Å². The van der Waals surface area contributed by atoms with Gasteiger partial charge in [0.1, 0.15) is 0 Å². The second-order valence-electron chi connectivity index (χ2n) is 14.7. The van der Waals surface area contributed by atoms with Crippen LogP contribution in [0.15, 0.2) is 146 Å². The van der Waals surface area contributed by atoms with Crippen molar-refractivity contribution in [2.24, 2.45) is 5.41 Å². The van der Waals surface area contributed by atoms with Gasteiger partial charge in [-0.3, -0.25) is 0 Å². The van der Waals surface area contributed by atoms with Gasteiger partial charge < -0.3 is 0 Å². The van der Waals surface area contributed by atoms with E-state index in [4.69, 9.17) is 0 Å². The van der Waals surface area contributed by atoms with Crippen molar-refractivity contribution >= 4 is 27.7 Å². The third-order valence-electron chi connectivity index (χ3n) is 11.4. The van der Waals surface area contributed by atoms with Crippen LogP contribution in [0.4, 0.5) is 0 Å². The molecule has 0 saturated carbocycles. The van der Waals surface area contributed by atoms with Crippen LogP contribution in [0.1, 0.15) is 73.7 Å². The van der Waals surface area contributed by atoms with E-state index in [1.54, 1.807) is 0 Å². The molecule has 50 heavy (non-hydrogen) atoms. The SMILES string of the molecule is Cc1ccc(C(P)(c2ccc(C)cc2)C(C)(C(P)(c2ccc(C)cc2)c2ccc(C)cc2)C(P)(c2ccc(C)cc2)c2ccc(C)cc2)cc1. The minimum atomic E-state index is -0.660. The zero-order valence-electron chi connectivity index (χ0n) is 30.6. The molecule has 6 rings (SSSR count). The molecule has 6 aromatic rings. The number of hydrogen-bond donors (Lipinski definition) is 0. The Hall–Kier alpha value is -3.39. The van der Waals surface area contributed by atoms with Crippen molar-refractivity contribution in [2.45, 2.75) is 63.9 Å². The van der Waals surface area contributed by atoms with E-state index in [9.17, 15) is 0 Å². The fourth-order valence-corrected chi connectivity index (χ4v) is 11.1. The molecule has 0 aliphatic heterocycles. The van der Waals surface area contributed by atoms with Gasteiger partial charge in [0.05, 0.1) is 0 Å². The van der Waals surface area contributed by atoms with Crippen molar-refractivity contribution in [1.29, 1.82) is 0 Å². The molecule has 0 saturated heterocycles. The summed E-state index contributed by atoms with van der Waals surface area (Å²) in [7, 11) is 10.5. The largest absolute Gasteiger partial charge is 0.121 e. The lowest BCUT2D eigenvalue weighted by atomic mass is 9.50. The molecule has 0 amide bonds. The van der Waals surface area contributed by atoms with Gasteiger partial charge in [-0.1, -0.05) is 186 Å². The molecular weight excluding hydrogens is 657 g/mol. The van der Waals surface area contributed by atoms with Crippen LogP contribution >= 0.6 is 27.7 Å². The maximum absolute atomic E-state index is 3.51. The van der Waals surface area contributed by atoms with Gasteiger partial charge in [-0.05, 0) is 74.9 Å². The van der Waals surface area contributed by atoms with E-state index in [0.717, 1.165) is 0 Å². The first-order valence-electron chi connectivity index (χ1n) is 17.5. The predicted octanol–water partition coefficient (Wildman–Crippen LogP) is 12.3. The van der Waals surface area contributed by atoms with Crippen LogP contribution < -0.4 is 0 Å². The van der Waals surface area contributed by atoms with Crippen LogP contribution in [0.2, 0.25) is 0 Å². The Balaban J connectivity index is 1.90. The summed E-state index contributed by atoms with van der Waals surface area (Å²) in [4.78, 5) is 0. The Morgan fingerprint density at radius 1 is 0.260 bits per heavy atom. The number of hydrogen-bond acceptors (Lipinski definition) is 0. The lowest BCUT2D eigenvalue weighted by Gasteiger charge is -2.65. The zero-order chi connectivity index (χ0) is 35.9. The van der Waals surface area contributed by atoms with Gasteiger partial charge in [-0.15, -0.1) is 27.7 Å². The fourth-order valence-electron chi connectivity index (χ4n) is 8.06. The molecule has 0 bridgehead atoms. The standard InChI is InChI=1S/C47H51P3/c1-32-8-20-38(21-9-32)45(48,39-22-10-33(2)11-23-39)44(7,46(49,40-24-12-34(3)13-25-40)41-26-14-35(4)15-27-41)47(50,42-28-16-36(5)17-29-42)43-30-18-37(6)19-31-43/h8-31H,48-50H2,1-7H3. The summed E-state index contributed by atoms with van der Waals surface area (Å²) in [5, 5.41) is -1.91. The maximum Gasteiger partial charge on any atom is 0.0427 e.